The number of hydrogen-bond donors (Lipinski definition) is 0. The Bertz CT molecular complexity index is 597. The molecule has 2 aliphatic heterocycles. The summed E-state index contributed by atoms with van der Waals surface area (Å²) in [6, 6.07) is 4.65. The Morgan fingerprint density at radius 1 is 1.33 bits per heavy atom. The van der Waals surface area contributed by atoms with E-state index in [1.807, 2.05) is 0 Å². The van der Waals surface area contributed by atoms with Crippen LogP contribution < -0.4 is 0 Å². The largest absolute Gasteiger partial charge is 0.370 e. The second-order valence-electron chi connectivity index (χ2n) is 4.26. The van der Waals surface area contributed by atoms with Crippen LogP contribution in [0.3, 0.4) is 0 Å². The van der Waals surface area contributed by atoms with Gasteiger partial charge in [-0.1, -0.05) is 16.8 Å². The Kier molecular flexibility index (Phi) is 2.38. The molecule has 0 bridgehead atoms. The van der Waals surface area contributed by atoms with Crippen LogP contribution in [0.5, 0.6) is 0 Å². The highest BCUT2D eigenvalue weighted by Crippen LogP contribution is 2.29. The number of fused-ring (bicyclic) bond motifs is 1. The fourth-order valence-electron chi connectivity index (χ4n) is 2.11. The number of nitrogens with zero attached hydrogens (tertiary/aromatic N) is 2. The first-order valence-electron chi connectivity index (χ1n) is 5.44. The molecule has 0 saturated heterocycles. The average Bonchev–Trinajstić information content (AvgIpc) is 2.84. The van der Waals surface area contributed by atoms with Crippen LogP contribution in [0.1, 0.15) is 34.1 Å². The van der Waals surface area contributed by atoms with Crippen molar-refractivity contribution >= 4 is 29.1 Å². The van der Waals surface area contributed by atoms with Gasteiger partial charge in [-0.2, -0.15) is 0 Å². The summed E-state index contributed by atoms with van der Waals surface area (Å²) in [7, 11) is 0. The van der Waals surface area contributed by atoms with Crippen molar-refractivity contribution in [3.63, 3.8) is 0 Å². The molecule has 2 heterocycles. The first-order valence-corrected chi connectivity index (χ1v) is 5.82. The number of halogens is 1. The number of hydrogen-bond acceptors (Lipinski definition) is 4. The molecule has 0 fully saturated rings. The molecule has 0 spiro atoms. The van der Waals surface area contributed by atoms with Gasteiger partial charge in [-0.3, -0.25) is 9.59 Å². The van der Waals surface area contributed by atoms with Crippen LogP contribution in [0.25, 0.3) is 0 Å². The molecule has 1 aromatic rings. The summed E-state index contributed by atoms with van der Waals surface area (Å²) in [5.74, 6) is -0.742. The van der Waals surface area contributed by atoms with Crippen molar-refractivity contribution in [2.24, 2.45) is 5.16 Å². The normalized spacial score (nSPS) is 22.0. The summed E-state index contributed by atoms with van der Waals surface area (Å²) >= 11 is 5.83. The lowest BCUT2D eigenvalue weighted by molar-refractivity contribution is -0.0143. The molecule has 6 heteroatoms. The van der Waals surface area contributed by atoms with E-state index in [4.69, 9.17) is 16.4 Å². The van der Waals surface area contributed by atoms with Crippen LogP contribution in [-0.2, 0) is 4.84 Å². The van der Waals surface area contributed by atoms with Gasteiger partial charge >= 0.3 is 0 Å². The molecule has 18 heavy (non-hydrogen) atoms. The van der Waals surface area contributed by atoms with Crippen LogP contribution >= 0.6 is 11.6 Å². The lowest BCUT2D eigenvalue weighted by Crippen LogP contribution is -2.39. The van der Waals surface area contributed by atoms with Gasteiger partial charge in [0.2, 0.25) is 6.23 Å². The summed E-state index contributed by atoms with van der Waals surface area (Å²) in [4.78, 5) is 30.5. The number of amides is 2. The van der Waals surface area contributed by atoms with Gasteiger partial charge in [-0.05, 0) is 25.1 Å². The van der Waals surface area contributed by atoms with E-state index in [1.54, 1.807) is 19.1 Å². The van der Waals surface area contributed by atoms with E-state index < -0.39 is 6.23 Å². The molecular weight excluding hydrogens is 256 g/mol. The Labute approximate surface area is 108 Å². The minimum Gasteiger partial charge on any atom is -0.370 e. The van der Waals surface area contributed by atoms with Crippen molar-refractivity contribution in [1.82, 2.24) is 4.90 Å². The van der Waals surface area contributed by atoms with Gasteiger partial charge in [0.05, 0.1) is 16.8 Å². The maximum atomic E-state index is 12.2. The fraction of sp³-hybridized carbons (Fsp3) is 0.250. The number of imide groups is 1. The van der Waals surface area contributed by atoms with E-state index in [1.165, 1.54) is 6.07 Å². The fourth-order valence-corrected chi connectivity index (χ4v) is 2.28. The Morgan fingerprint density at radius 3 is 2.72 bits per heavy atom. The summed E-state index contributed by atoms with van der Waals surface area (Å²) in [6.45, 7) is 1.79. The third-order valence-electron chi connectivity index (χ3n) is 2.97. The third kappa shape index (κ3) is 1.51. The third-order valence-corrected chi connectivity index (χ3v) is 3.20. The van der Waals surface area contributed by atoms with Crippen LogP contribution in [0.2, 0.25) is 5.02 Å². The maximum Gasteiger partial charge on any atom is 0.264 e. The lowest BCUT2D eigenvalue weighted by Gasteiger charge is -2.19. The SMILES string of the molecule is CC1=NOC(N2C(=O)c3ccc(Cl)cc3C2=O)C1. The van der Waals surface area contributed by atoms with Crippen LogP contribution in [0.15, 0.2) is 23.4 Å². The molecule has 5 nitrogen and oxygen atoms in total. The van der Waals surface area contributed by atoms with Gasteiger partial charge in [0.1, 0.15) is 0 Å². The summed E-state index contributed by atoms with van der Waals surface area (Å²) < 4.78 is 0. The van der Waals surface area contributed by atoms with E-state index in [0.717, 1.165) is 10.6 Å². The summed E-state index contributed by atoms with van der Waals surface area (Å²) in [5, 5.41) is 4.18. The zero-order chi connectivity index (χ0) is 12.9. The summed E-state index contributed by atoms with van der Waals surface area (Å²) in [6.07, 6.45) is -0.199. The maximum absolute atomic E-state index is 12.2. The van der Waals surface area contributed by atoms with Gasteiger partial charge in [0.15, 0.2) is 0 Å². The number of benzene rings is 1. The molecule has 1 unspecified atom stereocenters. The highest BCUT2D eigenvalue weighted by atomic mass is 35.5. The first-order chi connectivity index (χ1) is 8.58. The zero-order valence-electron chi connectivity index (χ0n) is 9.51. The number of carbonyl (C=O) groups is 2. The highest BCUT2D eigenvalue weighted by Gasteiger charge is 2.42. The average molecular weight is 265 g/mol. The molecule has 3 rings (SSSR count). The molecule has 0 radical (unpaired) electrons. The predicted molar refractivity (Wildman–Crippen MR) is 64.6 cm³/mol. The summed E-state index contributed by atoms with van der Waals surface area (Å²) in [5.41, 5.74) is 1.44. The second-order valence-corrected chi connectivity index (χ2v) is 4.70. The smallest absolute Gasteiger partial charge is 0.264 e. The van der Waals surface area contributed by atoms with Crippen LogP contribution in [0, 0.1) is 0 Å². The Morgan fingerprint density at radius 2 is 2.06 bits per heavy atom. The minimum atomic E-state index is -0.642. The quantitative estimate of drug-likeness (QED) is 0.730. The molecule has 0 N–H and O–H groups in total. The Hall–Kier alpha value is -1.88. The van der Waals surface area contributed by atoms with Gasteiger partial charge < -0.3 is 4.84 Å². The molecule has 0 saturated carbocycles. The number of carbonyl (C=O) groups excluding carboxylic acids is 2. The topological polar surface area (TPSA) is 59.0 Å². The molecular formula is C12H9ClN2O3. The van der Waals surface area contributed by atoms with Crippen molar-refractivity contribution in [3.8, 4) is 0 Å². The van der Waals surface area contributed by atoms with Crippen molar-refractivity contribution in [1.29, 1.82) is 0 Å². The van der Waals surface area contributed by atoms with Crippen molar-refractivity contribution in [2.45, 2.75) is 19.6 Å². The van der Waals surface area contributed by atoms with Gasteiger partial charge in [0.25, 0.3) is 11.8 Å². The van der Waals surface area contributed by atoms with Crippen molar-refractivity contribution in [3.05, 3.63) is 34.3 Å². The molecule has 1 aromatic carbocycles. The molecule has 2 aliphatic rings. The number of oxime groups is 1. The van der Waals surface area contributed by atoms with E-state index in [2.05, 4.69) is 5.16 Å². The van der Waals surface area contributed by atoms with Crippen LogP contribution in [0.4, 0.5) is 0 Å². The monoisotopic (exact) mass is 264 g/mol. The lowest BCUT2D eigenvalue weighted by atomic mass is 10.1. The highest BCUT2D eigenvalue weighted by molar-refractivity contribution is 6.32. The van der Waals surface area contributed by atoms with E-state index in [-0.39, 0.29) is 11.8 Å². The Balaban J connectivity index is 1.97. The van der Waals surface area contributed by atoms with Crippen molar-refractivity contribution < 1.29 is 14.4 Å². The standard InChI is InChI=1S/C12H9ClN2O3/c1-6-4-10(18-14-6)15-11(16)8-3-2-7(13)5-9(8)12(15)17/h2-3,5,10H,4H2,1H3. The first kappa shape index (κ1) is 11.2. The second kappa shape index (κ2) is 3.81. The van der Waals surface area contributed by atoms with Gasteiger partial charge in [0, 0.05) is 11.4 Å². The van der Waals surface area contributed by atoms with E-state index in [9.17, 15) is 9.59 Å². The minimum absolute atomic E-state index is 0.320. The van der Waals surface area contributed by atoms with E-state index in [0.29, 0.717) is 22.6 Å². The van der Waals surface area contributed by atoms with Crippen molar-refractivity contribution in [2.75, 3.05) is 0 Å². The molecule has 2 amide bonds. The van der Waals surface area contributed by atoms with Crippen LogP contribution in [-0.4, -0.2) is 28.7 Å². The molecule has 0 aromatic heterocycles. The molecule has 1 atom stereocenters. The number of rotatable bonds is 1. The zero-order valence-corrected chi connectivity index (χ0v) is 10.3. The molecule has 92 valence electrons. The molecule has 0 aliphatic carbocycles. The van der Waals surface area contributed by atoms with Gasteiger partial charge in [-0.25, -0.2) is 4.90 Å². The van der Waals surface area contributed by atoms with E-state index >= 15 is 0 Å². The van der Waals surface area contributed by atoms with Gasteiger partial charge in [-0.15, -0.1) is 0 Å². The predicted octanol–water partition coefficient (Wildman–Crippen LogP) is 2.06.